The maximum absolute atomic E-state index is 10.5. The molecule has 0 aliphatic carbocycles. The number of rotatable bonds is 1. The third kappa shape index (κ3) is 1.53. The largest absolute Gasteiger partial charge is 0.766 e. The Labute approximate surface area is 76.1 Å². The summed E-state index contributed by atoms with van der Waals surface area (Å²) in [5.41, 5.74) is 0.386. The van der Waals surface area contributed by atoms with E-state index in [-0.39, 0.29) is 5.16 Å². The molecule has 2 rings (SSSR count). The van der Waals surface area contributed by atoms with Gasteiger partial charge in [0.15, 0.2) is 5.65 Å². The van der Waals surface area contributed by atoms with Gasteiger partial charge < -0.3 is 4.55 Å². The molecule has 0 aromatic carbocycles. The molecule has 0 amide bonds. The SMILES string of the molecule is O=S([O-])c1ncc2cccnc2n1. The molecule has 1 unspecified atom stereocenters. The topological polar surface area (TPSA) is 78.8 Å². The second-order valence-corrected chi connectivity index (χ2v) is 3.14. The van der Waals surface area contributed by atoms with Crippen LogP contribution in [0.1, 0.15) is 0 Å². The molecule has 0 bridgehead atoms. The molecule has 0 saturated heterocycles. The van der Waals surface area contributed by atoms with E-state index in [0.29, 0.717) is 5.65 Å². The van der Waals surface area contributed by atoms with Crippen molar-refractivity contribution >= 4 is 22.1 Å². The third-order valence-corrected chi connectivity index (χ3v) is 1.98. The zero-order valence-corrected chi connectivity index (χ0v) is 7.19. The minimum atomic E-state index is -2.40. The molecule has 0 aliphatic rings. The summed E-state index contributed by atoms with van der Waals surface area (Å²) in [6.45, 7) is 0. The van der Waals surface area contributed by atoms with Crippen LogP contribution in [0.5, 0.6) is 0 Å². The van der Waals surface area contributed by atoms with Gasteiger partial charge in [-0.2, -0.15) is 0 Å². The lowest BCUT2D eigenvalue weighted by Gasteiger charge is -2.02. The van der Waals surface area contributed by atoms with Crippen molar-refractivity contribution in [2.75, 3.05) is 0 Å². The van der Waals surface area contributed by atoms with Crippen LogP contribution in [0.15, 0.2) is 29.7 Å². The lowest BCUT2D eigenvalue weighted by molar-refractivity contribution is 0.529. The first-order valence-corrected chi connectivity index (χ1v) is 4.52. The van der Waals surface area contributed by atoms with Crippen LogP contribution in [0.3, 0.4) is 0 Å². The normalized spacial score (nSPS) is 13.0. The molecule has 2 aromatic heterocycles. The van der Waals surface area contributed by atoms with Crippen molar-refractivity contribution < 1.29 is 8.76 Å². The first kappa shape index (κ1) is 8.21. The molecule has 2 aromatic rings. The Balaban J connectivity index is 2.69. The van der Waals surface area contributed by atoms with E-state index in [0.717, 1.165) is 5.39 Å². The molecule has 0 aliphatic heterocycles. The Morgan fingerprint density at radius 2 is 2.23 bits per heavy atom. The molecule has 0 spiro atoms. The van der Waals surface area contributed by atoms with Gasteiger partial charge in [0.2, 0.25) is 5.16 Å². The summed E-state index contributed by atoms with van der Waals surface area (Å²) < 4.78 is 21.0. The molecule has 0 radical (unpaired) electrons. The fraction of sp³-hybridized carbons (Fsp3) is 0. The molecule has 0 N–H and O–H groups in total. The molecule has 5 nitrogen and oxygen atoms in total. The average Bonchev–Trinajstić information content (AvgIpc) is 2.17. The van der Waals surface area contributed by atoms with E-state index in [2.05, 4.69) is 15.0 Å². The van der Waals surface area contributed by atoms with Gasteiger partial charge in [-0.15, -0.1) is 0 Å². The van der Waals surface area contributed by atoms with Crippen molar-refractivity contribution in [3.8, 4) is 0 Å². The zero-order valence-electron chi connectivity index (χ0n) is 6.38. The predicted octanol–water partition coefficient (Wildman–Crippen LogP) is 0.263. The molecule has 1 atom stereocenters. The number of nitrogens with zero attached hydrogens (tertiary/aromatic N) is 3. The second kappa shape index (κ2) is 3.15. The maximum atomic E-state index is 10.5. The van der Waals surface area contributed by atoms with Crippen molar-refractivity contribution in [1.29, 1.82) is 0 Å². The van der Waals surface area contributed by atoms with Crippen molar-refractivity contribution in [1.82, 2.24) is 15.0 Å². The summed E-state index contributed by atoms with van der Waals surface area (Å²) in [5.74, 6) is 0. The number of aromatic nitrogens is 3. The van der Waals surface area contributed by atoms with Crippen molar-refractivity contribution in [3.05, 3.63) is 24.5 Å². The molecule has 66 valence electrons. The summed E-state index contributed by atoms with van der Waals surface area (Å²) in [6, 6.07) is 3.50. The van der Waals surface area contributed by atoms with Gasteiger partial charge in [-0.1, -0.05) is 0 Å². The van der Waals surface area contributed by atoms with Crippen LogP contribution in [0.2, 0.25) is 0 Å². The van der Waals surface area contributed by atoms with Crippen LogP contribution in [0.4, 0.5) is 0 Å². The Morgan fingerprint density at radius 3 is 3.00 bits per heavy atom. The van der Waals surface area contributed by atoms with Crippen molar-refractivity contribution in [2.24, 2.45) is 0 Å². The highest BCUT2D eigenvalue weighted by Gasteiger charge is 1.99. The van der Waals surface area contributed by atoms with E-state index >= 15 is 0 Å². The van der Waals surface area contributed by atoms with Gasteiger partial charge in [0, 0.05) is 28.9 Å². The van der Waals surface area contributed by atoms with Crippen LogP contribution < -0.4 is 0 Å². The summed E-state index contributed by atoms with van der Waals surface area (Å²) in [4.78, 5) is 11.3. The highest BCUT2D eigenvalue weighted by atomic mass is 32.2. The molecule has 2 heterocycles. The number of fused-ring (bicyclic) bond motifs is 1. The fourth-order valence-corrected chi connectivity index (χ4v) is 1.23. The minimum Gasteiger partial charge on any atom is -0.766 e. The smallest absolute Gasteiger partial charge is 0.206 e. The molecule has 0 fully saturated rings. The van der Waals surface area contributed by atoms with Crippen LogP contribution >= 0.6 is 0 Å². The van der Waals surface area contributed by atoms with Crippen molar-refractivity contribution in [3.63, 3.8) is 0 Å². The van der Waals surface area contributed by atoms with E-state index in [1.165, 1.54) is 6.20 Å². The number of hydrogen-bond donors (Lipinski definition) is 0. The number of pyridine rings is 1. The Hall–Kier alpha value is -1.40. The van der Waals surface area contributed by atoms with E-state index in [4.69, 9.17) is 0 Å². The van der Waals surface area contributed by atoms with Gasteiger partial charge in [-0.3, -0.25) is 4.21 Å². The fourth-order valence-electron chi connectivity index (χ4n) is 0.928. The lowest BCUT2D eigenvalue weighted by Crippen LogP contribution is -1.98. The highest BCUT2D eigenvalue weighted by Crippen LogP contribution is 2.07. The minimum absolute atomic E-state index is 0.230. The van der Waals surface area contributed by atoms with Gasteiger partial charge in [0.1, 0.15) is 0 Å². The predicted molar refractivity (Wildman–Crippen MR) is 44.5 cm³/mol. The first-order valence-electron chi connectivity index (χ1n) is 3.44. The van der Waals surface area contributed by atoms with E-state index < -0.39 is 11.1 Å². The second-order valence-electron chi connectivity index (χ2n) is 2.30. The van der Waals surface area contributed by atoms with Gasteiger partial charge in [-0.25, -0.2) is 15.0 Å². The quantitative estimate of drug-likeness (QED) is 0.480. The van der Waals surface area contributed by atoms with E-state index in [1.807, 2.05) is 0 Å². The van der Waals surface area contributed by atoms with Crippen molar-refractivity contribution in [2.45, 2.75) is 5.16 Å². The van der Waals surface area contributed by atoms with Gasteiger partial charge in [-0.05, 0) is 12.1 Å². The molecule has 0 saturated carbocycles. The molecule has 13 heavy (non-hydrogen) atoms. The zero-order chi connectivity index (χ0) is 9.26. The van der Waals surface area contributed by atoms with Crippen LogP contribution in [-0.2, 0) is 11.1 Å². The Kier molecular flexibility index (Phi) is 1.99. The van der Waals surface area contributed by atoms with Crippen LogP contribution in [0.25, 0.3) is 11.0 Å². The Morgan fingerprint density at radius 1 is 1.38 bits per heavy atom. The summed E-state index contributed by atoms with van der Waals surface area (Å²) in [5, 5.41) is 0.489. The average molecular weight is 194 g/mol. The van der Waals surface area contributed by atoms with Gasteiger partial charge in [0.05, 0.1) is 0 Å². The lowest BCUT2D eigenvalue weighted by atomic mass is 10.3. The number of hydrogen-bond acceptors (Lipinski definition) is 5. The van der Waals surface area contributed by atoms with Crippen LogP contribution in [-0.4, -0.2) is 23.7 Å². The first-order chi connectivity index (χ1) is 6.27. The maximum Gasteiger partial charge on any atom is 0.206 e. The third-order valence-electron chi connectivity index (χ3n) is 1.48. The highest BCUT2D eigenvalue weighted by molar-refractivity contribution is 7.78. The molecular formula is C7H4N3O2S-. The summed E-state index contributed by atoms with van der Waals surface area (Å²) in [7, 11) is 0. The molecular weight excluding hydrogens is 190 g/mol. The monoisotopic (exact) mass is 194 g/mol. The van der Waals surface area contributed by atoms with E-state index in [9.17, 15) is 8.76 Å². The standard InChI is InChI=1S/C7H5N3O2S/c11-13(12)7-9-4-5-2-1-3-8-6(5)10-7/h1-4H,(H,11,12)/p-1. The molecule has 6 heteroatoms. The van der Waals surface area contributed by atoms with Gasteiger partial charge in [0.25, 0.3) is 0 Å². The summed E-state index contributed by atoms with van der Waals surface area (Å²) >= 11 is -2.40. The van der Waals surface area contributed by atoms with Gasteiger partial charge >= 0.3 is 0 Å². The summed E-state index contributed by atoms with van der Waals surface area (Å²) in [6.07, 6.45) is 2.98. The van der Waals surface area contributed by atoms with Crippen LogP contribution in [0, 0.1) is 0 Å². The van der Waals surface area contributed by atoms with E-state index in [1.54, 1.807) is 18.3 Å². The Bertz CT molecular complexity index is 474.